The zero-order valence-electron chi connectivity index (χ0n) is 8.20. The Labute approximate surface area is 73.8 Å². The van der Waals surface area contributed by atoms with Gasteiger partial charge in [-0.25, -0.2) is 0 Å². The van der Waals surface area contributed by atoms with Crippen LogP contribution in [0.4, 0.5) is 0 Å². The minimum atomic E-state index is 0.388. The quantitative estimate of drug-likeness (QED) is 0.739. The molecule has 1 aromatic heterocycles. The van der Waals surface area contributed by atoms with Crippen molar-refractivity contribution in [2.24, 2.45) is 7.05 Å². The van der Waals surface area contributed by atoms with Gasteiger partial charge >= 0.3 is 0 Å². The van der Waals surface area contributed by atoms with Gasteiger partial charge in [0.1, 0.15) is 0 Å². The highest BCUT2D eigenvalue weighted by molar-refractivity contribution is 5.08. The van der Waals surface area contributed by atoms with Gasteiger partial charge in [-0.2, -0.15) is 5.10 Å². The van der Waals surface area contributed by atoms with Crippen LogP contribution < -0.4 is 5.32 Å². The summed E-state index contributed by atoms with van der Waals surface area (Å²) in [6.07, 6.45) is 3.94. The lowest BCUT2D eigenvalue weighted by molar-refractivity contribution is 0.506. The van der Waals surface area contributed by atoms with Gasteiger partial charge in [-0.05, 0) is 6.92 Å². The van der Waals surface area contributed by atoms with E-state index in [1.54, 1.807) is 0 Å². The van der Waals surface area contributed by atoms with Crippen molar-refractivity contribution in [3.05, 3.63) is 18.0 Å². The summed E-state index contributed by atoms with van der Waals surface area (Å²) in [5.74, 6) is 0. The Morgan fingerprint density at radius 2 is 2.08 bits per heavy atom. The van der Waals surface area contributed by atoms with Gasteiger partial charge in [0.25, 0.3) is 0 Å². The molecular formula is C9H17N3. The molecular weight excluding hydrogens is 150 g/mol. The van der Waals surface area contributed by atoms with E-state index in [1.807, 2.05) is 24.1 Å². The molecule has 3 nitrogen and oxygen atoms in total. The van der Waals surface area contributed by atoms with Crippen molar-refractivity contribution in [3.63, 3.8) is 0 Å². The molecule has 0 amide bonds. The number of nitrogens with zero attached hydrogens (tertiary/aromatic N) is 2. The highest BCUT2D eigenvalue weighted by atomic mass is 15.2. The number of rotatable bonds is 3. The largest absolute Gasteiger partial charge is 0.308 e. The first-order valence-electron chi connectivity index (χ1n) is 4.34. The van der Waals surface area contributed by atoms with Crippen LogP contribution in [0.25, 0.3) is 0 Å². The maximum Gasteiger partial charge on any atom is 0.0537 e. The minimum absolute atomic E-state index is 0.388. The number of hydrogen-bond acceptors (Lipinski definition) is 2. The third-order valence-electron chi connectivity index (χ3n) is 1.81. The van der Waals surface area contributed by atoms with Crippen LogP contribution in [0.3, 0.4) is 0 Å². The first-order chi connectivity index (χ1) is 5.59. The topological polar surface area (TPSA) is 29.9 Å². The lowest BCUT2D eigenvalue weighted by Crippen LogP contribution is -2.25. The summed E-state index contributed by atoms with van der Waals surface area (Å²) in [6.45, 7) is 6.44. The second-order valence-corrected chi connectivity index (χ2v) is 3.49. The summed E-state index contributed by atoms with van der Waals surface area (Å²) >= 11 is 0. The van der Waals surface area contributed by atoms with Gasteiger partial charge in [0.2, 0.25) is 0 Å². The molecule has 1 heterocycles. The van der Waals surface area contributed by atoms with Gasteiger partial charge in [-0.15, -0.1) is 0 Å². The highest BCUT2D eigenvalue weighted by Gasteiger charge is 2.07. The molecule has 0 radical (unpaired) electrons. The Hall–Kier alpha value is -0.830. The van der Waals surface area contributed by atoms with Crippen LogP contribution in [0.2, 0.25) is 0 Å². The summed E-state index contributed by atoms with van der Waals surface area (Å²) in [4.78, 5) is 0. The van der Waals surface area contributed by atoms with E-state index in [1.165, 1.54) is 5.56 Å². The van der Waals surface area contributed by atoms with Crippen LogP contribution in [0.15, 0.2) is 12.4 Å². The molecule has 0 aliphatic rings. The molecule has 1 aromatic rings. The van der Waals surface area contributed by atoms with E-state index in [-0.39, 0.29) is 0 Å². The van der Waals surface area contributed by atoms with E-state index in [4.69, 9.17) is 0 Å². The molecule has 1 atom stereocenters. The van der Waals surface area contributed by atoms with Crippen molar-refractivity contribution < 1.29 is 0 Å². The van der Waals surface area contributed by atoms with Crippen LogP contribution in [-0.2, 0) is 7.05 Å². The van der Waals surface area contributed by atoms with Gasteiger partial charge in [-0.1, -0.05) is 13.8 Å². The Kier molecular flexibility index (Phi) is 2.87. The Balaban J connectivity index is 2.58. The second-order valence-electron chi connectivity index (χ2n) is 3.49. The van der Waals surface area contributed by atoms with E-state index in [0.717, 1.165) is 0 Å². The summed E-state index contributed by atoms with van der Waals surface area (Å²) in [7, 11) is 1.94. The lowest BCUT2D eigenvalue weighted by atomic mass is 10.2. The van der Waals surface area contributed by atoms with E-state index < -0.39 is 0 Å². The SMILES string of the molecule is CC(C)N[C@H](C)c1cnn(C)c1. The molecule has 68 valence electrons. The van der Waals surface area contributed by atoms with Crippen LogP contribution in [0.5, 0.6) is 0 Å². The van der Waals surface area contributed by atoms with Gasteiger partial charge in [0, 0.05) is 30.9 Å². The van der Waals surface area contributed by atoms with Crippen molar-refractivity contribution in [3.8, 4) is 0 Å². The van der Waals surface area contributed by atoms with Crippen LogP contribution in [0, 0.1) is 0 Å². The van der Waals surface area contributed by atoms with Crippen molar-refractivity contribution in [1.82, 2.24) is 15.1 Å². The monoisotopic (exact) mass is 167 g/mol. The standard InChI is InChI=1S/C9H17N3/c1-7(2)11-8(3)9-5-10-12(4)6-9/h5-8,11H,1-4H3/t8-/m1/s1. The smallest absolute Gasteiger partial charge is 0.0537 e. The third kappa shape index (κ3) is 2.34. The van der Waals surface area contributed by atoms with Gasteiger partial charge < -0.3 is 5.32 Å². The van der Waals surface area contributed by atoms with Crippen molar-refractivity contribution in [2.75, 3.05) is 0 Å². The average molecular weight is 167 g/mol. The van der Waals surface area contributed by atoms with Gasteiger partial charge in [-0.3, -0.25) is 4.68 Å². The molecule has 1 N–H and O–H groups in total. The Bertz CT molecular complexity index is 240. The zero-order chi connectivity index (χ0) is 9.14. The predicted octanol–water partition coefficient (Wildman–Crippen LogP) is 1.48. The van der Waals surface area contributed by atoms with E-state index in [2.05, 4.69) is 31.2 Å². The summed E-state index contributed by atoms with van der Waals surface area (Å²) < 4.78 is 1.83. The number of aromatic nitrogens is 2. The molecule has 0 fully saturated rings. The normalized spacial score (nSPS) is 13.8. The van der Waals surface area contributed by atoms with Crippen molar-refractivity contribution in [1.29, 1.82) is 0 Å². The minimum Gasteiger partial charge on any atom is -0.308 e. The fraction of sp³-hybridized carbons (Fsp3) is 0.667. The fourth-order valence-corrected chi connectivity index (χ4v) is 1.26. The van der Waals surface area contributed by atoms with E-state index in [9.17, 15) is 0 Å². The molecule has 3 heteroatoms. The molecule has 1 rings (SSSR count). The van der Waals surface area contributed by atoms with Crippen molar-refractivity contribution >= 4 is 0 Å². The molecule has 0 saturated heterocycles. The van der Waals surface area contributed by atoms with Crippen LogP contribution in [0.1, 0.15) is 32.4 Å². The Morgan fingerprint density at radius 3 is 2.50 bits per heavy atom. The molecule has 0 bridgehead atoms. The number of hydrogen-bond donors (Lipinski definition) is 1. The van der Waals surface area contributed by atoms with Crippen LogP contribution >= 0.6 is 0 Å². The molecule has 0 spiro atoms. The first-order valence-corrected chi connectivity index (χ1v) is 4.34. The number of nitrogens with one attached hydrogen (secondary N) is 1. The molecule has 0 aromatic carbocycles. The molecule has 0 saturated carbocycles. The average Bonchev–Trinajstić information content (AvgIpc) is 2.34. The maximum absolute atomic E-state index is 4.12. The van der Waals surface area contributed by atoms with Gasteiger partial charge in [0.15, 0.2) is 0 Å². The summed E-state index contributed by atoms with van der Waals surface area (Å²) in [5, 5.41) is 7.54. The van der Waals surface area contributed by atoms with E-state index >= 15 is 0 Å². The molecule has 0 aliphatic carbocycles. The Morgan fingerprint density at radius 1 is 1.42 bits per heavy atom. The maximum atomic E-state index is 4.12. The summed E-state index contributed by atoms with van der Waals surface area (Å²) in [6, 6.07) is 0.902. The lowest BCUT2D eigenvalue weighted by Gasteiger charge is -2.14. The predicted molar refractivity (Wildman–Crippen MR) is 49.9 cm³/mol. The second kappa shape index (κ2) is 3.72. The van der Waals surface area contributed by atoms with E-state index in [0.29, 0.717) is 12.1 Å². The zero-order valence-corrected chi connectivity index (χ0v) is 8.20. The van der Waals surface area contributed by atoms with Crippen LogP contribution in [-0.4, -0.2) is 15.8 Å². The van der Waals surface area contributed by atoms with Gasteiger partial charge in [0.05, 0.1) is 6.20 Å². The molecule has 0 aliphatic heterocycles. The first kappa shape index (κ1) is 9.26. The fourth-order valence-electron chi connectivity index (χ4n) is 1.26. The van der Waals surface area contributed by atoms with Crippen molar-refractivity contribution in [2.45, 2.75) is 32.9 Å². The highest BCUT2D eigenvalue weighted by Crippen LogP contribution is 2.10. The molecule has 0 unspecified atom stereocenters. The number of aryl methyl sites for hydroxylation is 1. The third-order valence-corrected chi connectivity index (χ3v) is 1.81. The molecule has 12 heavy (non-hydrogen) atoms. The summed E-state index contributed by atoms with van der Waals surface area (Å²) in [5.41, 5.74) is 1.24.